The SMILES string of the molecule is C[C@H]1CCCC[C@H]1NC(=O)CSc1nnc(-c2ccc(F)cc2)o1. The lowest BCUT2D eigenvalue weighted by Crippen LogP contribution is -2.41. The molecule has 0 aliphatic heterocycles. The van der Waals surface area contributed by atoms with E-state index in [1.165, 1.54) is 43.2 Å². The van der Waals surface area contributed by atoms with Crippen molar-refractivity contribution in [2.45, 2.75) is 43.9 Å². The van der Waals surface area contributed by atoms with Crippen LogP contribution in [0, 0.1) is 11.7 Å². The van der Waals surface area contributed by atoms with Gasteiger partial charge in [-0.2, -0.15) is 0 Å². The molecular formula is C17H20FN3O2S. The normalized spacial score (nSPS) is 20.8. The number of carbonyl (C=O) groups excluding carboxylic acids is 1. The van der Waals surface area contributed by atoms with Crippen LogP contribution in [-0.2, 0) is 4.79 Å². The van der Waals surface area contributed by atoms with Gasteiger partial charge in [0.1, 0.15) is 5.82 Å². The molecule has 1 heterocycles. The Bertz CT molecular complexity index is 689. The van der Waals surface area contributed by atoms with E-state index in [9.17, 15) is 9.18 Å². The molecule has 1 fully saturated rings. The van der Waals surface area contributed by atoms with Crippen LogP contribution in [0.1, 0.15) is 32.6 Å². The van der Waals surface area contributed by atoms with Crippen molar-refractivity contribution < 1.29 is 13.6 Å². The lowest BCUT2D eigenvalue weighted by Gasteiger charge is -2.29. The van der Waals surface area contributed by atoms with Crippen molar-refractivity contribution in [2.75, 3.05) is 5.75 Å². The summed E-state index contributed by atoms with van der Waals surface area (Å²) >= 11 is 1.21. The Hall–Kier alpha value is -1.89. The fraction of sp³-hybridized carbons (Fsp3) is 0.471. The molecule has 7 heteroatoms. The number of rotatable bonds is 5. The van der Waals surface area contributed by atoms with Gasteiger partial charge in [0.05, 0.1) is 5.75 Å². The molecule has 1 saturated carbocycles. The Morgan fingerprint density at radius 3 is 2.79 bits per heavy atom. The molecule has 1 aliphatic rings. The van der Waals surface area contributed by atoms with E-state index in [-0.39, 0.29) is 23.5 Å². The molecule has 1 aromatic carbocycles. The minimum Gasteiger partial charge on any atom is -0.411 e. The molecule has 1 aliphatic carbocycles. The first-order valence-electron chi connectivity index (χ1n) is 8.13. The molecule has 0 spiro atoms. The van der Waals surface area contributed by atoms with E-state index in [1.54, 1.807) is 12.1 Å². The molecule has 0 saturated heterocycles. The fourth-order valence-corrected chi connectivity index (χ4v) is 3.46. The number of hydrogen-bond acceptors (Lipinski definition) is 5. The second-order valence-corrected chi connectivity index (χ2v) is 7.03. The third-order valence-corrected chi connectivity index (χ3v) is 5.10. The standard InChI is InChI=1S/C17H20FN3O2S/c1-11-4-2-3-5-14(11)19-15(22)10-24-17-21-20-16(23-17)12-6-8-13(18)9-7-12/h6-9,11,14H,2-5,10H2,1H3,(H,19,22)/t11-,14+/m0/s1. The van der Waals surface area contributed by atoms with Gasteiger partial charge in [-0.05, 0) is 43.0 Å². The molecular weight excluding hydrogens is 329 g/mol. The van der Waals surface area contributed by atoms with Gasteiger partial charge in [0.2, 0.25) is 11.8 Å². The van der Waals surface area contributed by atoms with Crippen molar-refractivity contribution in [3.63, 3.8) is 0 Å². The van der Waals surface area contributed by atoms with Crippen LogP contribution in [0.3, 0.4) is 0 Å². The van der Waals surface area contributed by atoms with Crippen molar-refractivity contribution in [1.82, 2.24) is 15.5 Å². The predicted molar refractivity (Wildman–Crippen MR) is 90.0 cm³/mol. The summed E-state index contributed by atoms with van der Waals surface area (Å²) in [6.45, 7) is 2.18. The monoisotopic (exact) mass is 349 g/mol. The zero-order valence-electron chi connectivity index (χ0n) is 13.5. The lowest BCUT2D eigenvalue weighted by molar-refractivity contribution is -0.119. The number of nitrogens with zero attached hydrogens (tertiary/aromatic N) is 2. The quantitative estimate of drug-likeness (QED) is 0.834. The van der Waals surface area contributed by atoms with Crippen molar-refractivity contribution in [2.24, 2.45) is 5.92 Å². The summed E-state index contributed by atoms with van der Waals surface area (Å²) in [6.07, 6.45) is 4.64. The van der Waals surface area contributed by atoms with Gasteiger partial charge < -0.3 is 9.73 Å². The molecule has 1 amide bonds. The summed E-state index contributed by atoms with van der Waals surface area (Å²) in [4.78, 5) is 12.1. The van der Waals surface area contributed by atoms with Gasteiger partial charge in [-0.15, -0.1) is 10.2 Å². The second-order valence-electron chi connectivity index (χ2n) is 6.10. The third kappa shape index (κ3) is 4.35. The molecule has 3 rings (SSSR count). The Kier molecular flexibility index (Phi) is 5.50. The van der Waals surface area contributed by atoms with E-state index in [4.69, 9.17) is 4.42 Å². The molecule has 2 atom stereocenters. The molecule has 5 nitrogen and oxygen atoms in total. The number of amides is 1. The van der Waals surface area contributed by atoms with E-state index in [0.717, 1.165) is 6.42 Å². The fourth-order valence-electron chi connectivity index (χ4n) is 2.88. The first-order chi connectivity index (χ1) is 11.6. The Labute approximate surface area is 144 Å². The van der Waals surface area contributed by atoms with E-state index in [2.05, 4.69) is 22.4 Å². The van der Waals surface area contributed by atoms with Crippen LogP contribution in [0.4, 0.5) is 4.39 Å². The van der Waals surface area contributed by atoms with Gasteiger partial charge in [0.15, 0.2) is 0 Å². The van der Waals surface area contributed by atoms with Gasteiger partial charge in [-0.1, -0.05) is 31.5 Å². The van der Waals surface area contributed by atoms with Crippen molar-refractivity contribution in [1.29, 1.82) is 0 Å². The summed E-state index contributed by atoms with van der Waals surface area (Å²) in [7, 11) is 0. The van der Waals surface area contributed by atoms with Crippen LogP contribution < -0.4 is 5.32 Å². The highest BCUT2D eigenvalue weighted by Gasteiger charge is 2.23. The van der Waals surface area contributed by atoms with E-state index in [0.29, 0.717) is 22.6 Å². The first-order valence-corrected chi connectivity index (χ1v) is 9.12. The van der Waals surface area contributed by atoms with Gasteiger partial charge in [0.25, 0.3) is 5.22 Å². The summed E-state index contributed by atoms with van der Waals surface area (Å²) in [5, 5.41) is 11.3. The average Bonchev–Trinajstić information content (AvgIpc) is 3.05. The van der Waals surface area contributed by atoms with Crippen molar-refractivity contribution in [3.8, 4) is 11.5 Å². The Morgan fingerprint density at radius 2 is 2.04 bits per heavy atom. The number of carbonyl (C=O) groups is 1. The number of benzene rings is 1. The minimum atomic E-state index is -0.318. The van der Waals surface area contributed by atoms with Gasteiger partial charge in [-0.25, -0.2) is 4.39 Å². The zero-order valence-corrected chi connectivity index (χ0v) is 14.3. The second kappa shape index (κ2) is 7.79. The molecule has 24 heavy (non-hydrogen) atoms. The third-order valence-electron chi connectivity index (χ3n) is 4.28. The molecule has 0 radical (unpaired) electrons. The summed E-state index contributed by atoms with van der Waals surface area (Å²) < 4.78 is 18.4. The van der Waals surface area contributed by atoms with Gasteiger partial charge in [0, 0.05) is 11.6 Å². The van der Waals surface area contributed by atoms with Crippen LogP contribution in [0.5, 0.6) is 0 Å². The van der Waals surface area contributed by atoms with Crippen LogP contribution in [-0.4, -0.2) is 27.9 Å². The number of nitrogens with one attached hydrogen (secondary N) is 1. The van der Waals surface area contributed by atoms with E-state index >= 15 is 0 Å². The molecule has 1 N–H and O–H groups in total. The largest absolute Gasteiger partial charge is 0.411 e. The Balaban J connectivity index is 1.51. The molecule has 0 bridgehead atoms. The zero-order chi connectivity index (χ0) is 16.9. The van der Waals surface area contributed by atoms with Crippen molar-refractivity contribution in [3.05, 3.63) is 30.1 Å². The highest BCUT2D eigenvalue weighted by atomic mass is 32.2. The maximum Gasteiger partial charge on any atom is 0.277 e. The maximum atomic E-state index is 12.9. The van der Waals surface area contributed by atoms with Crippen LogP contribution in [0.2, 0.25) is 0 Å². The topological polar surface area (TPSA) is 68.0 Å². The number of thioether (sulfide) groups is 1. The molecule has 1 aromatic heterocycles. The van der Waals surface area contributed by atoms with Crippen LogP contribution in [0.25, 0.3) is 11.5 Å². The minimum absolute atomic E-state index is 0.0136. The first kappa shape index (κ1) is 17.0. The maximum absolute atomic E-state index is 12.9. The highest BCUT2D eigenvalue weighted by Crippen LogP contribution is 2.25. The Morgan fingerprint density at radius 1 is 1.29 bits per heavy atom. The van der Waals surface area contributed by atoms with Gasteiger partial charge in [-0.3, -0.25) is 4.79 Å². The number of halogens is 1. The van der Waals surface area contributed by atoms with E-state index in [1.807, 2.05) is 0 Å². The number of hydrogen-bond donors (Lipinski definition) is 1. The smallest absolute Gasteiger partial charge is 0.277 e. The summed E-state index contributed by atoms with van der Waals surface area (Å²) in [6, 6.07) is 6.10. The van der Waals surface area contributed by atoms with Crippen LogP contribution in [0.15, 0.2) is 33.9 Å². The molecule has 2 aromatic rings. The van der Waals surface area contributed by atoms with Crippen LogP contribution >= 0.6 is 11.8 Å². The molecule has 128 valence electrons. The van der Waals surface area contributed by atoms with Gasteiger partial charge >= 0.3 is 0 Å². The summed E-state index contributed by atoms with van der Waals surface area (Å²) in [5.41, 5.74) is 0.649. The summed E-state index contributed by atoms with van der Waals surface area (Å²) in [5.74, 6) is 0.760. The van der Waals surface area contributed by atoms with E-state index < -0.39 is 0 Å². The van der Waals surface area contributed by atoms with Crippen molar-refractivity contribution >= 4 is 17.7 Å². The average molecular weight is 349 g/mol. The highest BCUT2D eigenvalue weighted by molar-refractivity contribution is 7.99. The molecule has 0 unspecified atom stereocenters. The lowest BCUT2D eigenvalue weighted by atomic mass is 9.86. The predicted octanol–water partition coefficient (Wildman–Crippen LogP) is 3.66. The number of aromatic nitrogens is 2.